The van der Waals surface area contributed by atoms with Crippen molar-refractivity contribution in [3.8, 4) is 22.8 Å². The summed E-state index contributed by atoms with van der Waals surface area (Å²) in [6.07, 6.45) is -3.04. The maximum Gasteiger partial charge on any atom is 0.416 e. The van der Waals surface area contributed by atoms with Gasteiger partial charge in [-0.1, -0.05) is 19.8 Å². The molecular formula is C23H23F3N4O5S. The van der Waals surface area contributed by atoms with Crippen molar-refractivity contribution < 1.29 is 32.7 Å². The molecule has 0 bridgehead atoms. The Labute approximate surface area is 207 Å². The van der Waals surface area contributed by atoms with E-state index in [0.717, 1.165) is 41.7 Å². The maximum absolute atomic E-state index is 13.2. The van der Waals surface area contributed by atoms with Crippen LogP contribution in [-0.2, 0) is 16.5 Å². The van der Waals surface area contributed by atoms with E-state index in [1.165, 1.54) is 13.2 Å². The van der Waals surface area contributed by atoms with Gasteiger partial charge in [0.15, 0.2) is 5.75 Å². The number of phenols is 1. The highest BCUT2D eigenvalue weighted by Crippen LogP contribution is 2.41. The van der Waals surface area contributed by atoms with Crippen molar-refractivity contribution in [3.63, 3.8) is 0 Å². The number of nitrogens with zero attached hydrogens (tertiary/aromatic N) is 2. The average Bonchev–Trinajstić information content (AvgIpc) is 3.33. The standard InChI is InChI=1S/C23H23F3N4O5S/c1-3-4-9-22(27,20(32)28-15-7-5-14(6-8-15)23(24,25)26)21-29-16(12-36-21)13-10-17(30(33)34)19(31)18(11-13)35-2/h5-8,10-12,31H,3-4,9,27H2,1-2H3,(H,28,32). The molecule has 13 heteroatoms. The van der Waals surface area contributed by atoms with Gasteiger partial charge < -0.3 is 20.9 Å². The van der Waals surface area contributed by atoms with Gasteiger partial charge in [0.05, 0.1) is 23.3 Å². The number of nitrogens with two attached hydrogens (primary N) is 1. The van der Waals surface area contributed by atoms with Crippen LogP contribution in [-0.4, -0.2) is 28.0 Å². The number of aromatic nitrogens is 1. The van der Waals surface area contributed by atoms with E-state index in [1.54, 1.807) is 5.38 Å². The molecule has 0 fully saturated rings. The van der Waals surface area contributed by atoms with E-state index in [-0.39, 0.29) is 34.1 Å². The number of ether oxygens (including phenoxy) is 1. The van der Waals surface area contributed by atoms with E-state index in [4.69, 9.17) is 10.5 Å². The number of benzene rings is 2. The first-order chi connectivity index (χ1) is 16.9. The zero-order chi connectivity index (χ0) is 26.7. The molecule has 4 N–H and O–H groups in total. The Bertz CT molecular complexity index is 1260. The number of alkyl halides is 3. The van der Waals surface area contributed by atoms with Crippen molar-refractivity contribution in [1.29, 1.82) is 0 Å². The number of carbonyl (C=O) groups excluding carboxylic acids is 1. The van der Waals surface area contributed by atoms with Gasteiger partial charge in [-0.3, -0.25) is 14.9 Å². The van der Waals surface area contributed by atoms with Crippen LogP contribution < -0.4 is 15.8 Å². The van der Waals surface area contributed by atoms with Crippen LogP contribution >= 0.6 is 11.3 Å². The number of nitro benzene ring substituents is 1. The SMILES string of the molecule is CCCCC(N)(C(=O)Nc1ccc(C(F)(F)F)cc1)c1nc(-c2cc(OC)c(O)c([N+](=O)[O-])c2)cs1. The molecule has 3 aromatic rings. The molecule has 0 radical (unpaired) electrons. The number of phenolic OH excluding ortho intramolecular Hbond substituents is 1. The number of anilines is 1. The summed E-state index contributed by atoms with van der Waals surface area (Å²) in [4.78, 5) is 28.2. The molecule has 0 saturated heterocycles. The summed E-state index contributed by atoms with van der Waals surface area (Å²) in [6, 6.07) is 6.47. The molecule has 1 unspecified atom stereocenters. The first-order valence-electron chi connectivity index (χ1n) is 10.7. The Morgan fingerprint density at radius 1 is 1.28 bits per heavy atom. The Morgan fingerprint density at radius 3 is 2.50 bits per heavy atom. The van der Waals surface area contributed by atoms with E-state index in [1.807, 2.05) is 6.92 Å². The van der Waals surface area contributed by atoms with Gasteiger partial charge in [0, 0.05) is 22.7 Å². The summed E-state index contributed by atoms with van der Waals surface area (Å²) in [6.45, 7) is 1.91. The minimum absolute atomic E-state index is 0.126. The lowest BCUT2D eigenvalue weighted by molar-refractivity contribution is -0.385. The minimum atomic E-state index is -4.51. The van der Waals surface area contributed by atoms with Crippen LogP contribution in [0.3, 0.4) is 0 Å². The lowest BCUT2D eigenvalue weighted by Gasteiger charge is -2.26. The number of amides is 1. The summed E-state index contributed by atoms with van der Waals surface area (Å²) in [7, 11) is 1.25. The number of methoxy groups -OCH3 is 1. The number of unbranched alkanes of at least 4 members (excludes halogenated alkanes) is 1. The molecule has 1 heterocycles. The molecular weight excluding hydrogens is 501 g/mol. The Balaban J connectivity index is 1.95. The lowest BCUT2D eigenvalue weighted by Crippen LogP contribution is -2.48. The summed E-state index contributed by atoms with van der Waals surface area (Å²) in [5, 5.41) is 25.7. The highest BCUT2D eigenvalue weighted by atomic mass is 32.1. The molecule has 2 aromatic carbocycles. The number of hydrogen-bond acceptors (Lipinski definition) is 8. The van der Waals surface area contributed by atoms with E-state index < -0.39 is 39.5 Å². The van der Waals surface area contributed by atoms with Gasteiger partial charge in [-0.05, 0) is 36.8 Å². The topological polar surface area (TPSA) is 141 Å². The largest absolute Gasteiger partial charge is 0.500 e. The number of hydrogen-bond donors (Lipinski definition) is 3. The van der Waals surface area contributed by atoms with Crippen LogP contribution in [0.25, 0.3) is 11.3 Å². The van der Waals surface area contributed by atoms with E-state index >= 15 is 0 Å². The smallest absolute Gasteiger partial charge is 0.416 e. The molecule has 0 aliphatic rings. The predicted molar refractivity (Wildman–Crippen MR) is 128 cm³/mol. The highest BCUT2D eigenvalue weighted by Gasteiger charge is 2.39. The van der Waals surface area contributed by atoms with Crippen molar-refractivity contribution in [3.05, 3.63) is 62.5 Å². The summed E-state index contributed by atoms with van der Waals surface area (Å²) in [5.74, 6) is -1.42. The molecule has 0 aliphatic carbocycles. The van der Waals surface area contributed by atoms with Crippen molar-refractivity contribution >= 4 is 28.6 Å². The van der Waals surface area contributed by atoms with E-state index in [2.05, 4.69) is 10.3 Å². The van der Waals surface area contributed by atoms with Crippen LogP contribution in [0.1, 0.15) is 36.8 Å². The van der Waals surface area contributed by atoms with Crippen molar-refractivity contribution in [2.75, 3.05) is 12.4 Å². The van der Waals surface area contributed by atoms with Crippen LogP contribution in [0.5, 0.6) is 11.5 Å². The average molecular weight is 525 g/mol. The number of nitrogens with one attached hydrogen (secondary N) is 1. The molecule has 1 atom stereocenters. The molecule has 1 aromatic heterocycles. The first-order valence-corrected chi connectivity index (χ1v) is 11.6. The fraction of sp³-hybridized carbons (Fsp3) is 0.304. The van der Waals surface area contributed by atoms with Crippen LogP contribution in [0, 0.1) is 10.1 Å². The Kier molecular flexibility index (Phi) is 7.84. The number of carbonyl (C=O) groups is 1. The zero-order valence-electron chi connectivity index (χ0n) is 19.3. The van der Waals surface area contributed by atoms with Crippen LogP contribution in [0.2, 0.25) is 0 Å². The molecule has 36 heavy (non-hydrogen) atoms. The minimum Gasteiger partial charge on any atom is -0.500 e. The van der Waals surface area contributed by atoms with Crippen LogP contribution in [0.15, 0.2) is 41.8 Å². The number of halogens is 3. The quantitative estimate of drug-likeness (QED) is 0.250. The van der Waals surface area contributed by atoms with Gasteiger partial charge in [0.2, 0.25) is 5.75 Å². The van der Waals surface area contributed by atoms with Crippen LogP contribution in [0.4, 0.5) is 24.5 Å². The summed E-state index contributed by atoms with van der Waals surface area (Å²) in [5.41, 5.74) is 4.15. The molecule has 0 aliphatic heterocycles. The molecule has 9 nitrogen and oxygen atoms in total. The highest BCUT2D eigenvalue weighted by molar-refractivity contribution is 7.10. The fourth-order valence-electron chi connectivity index (χ4n) is 3.41. The maximum atomic E-state index is 13.2. The van der Waals surface area contributed by atoms with Gasteiger partial charge in [-0.15, -0.1) is 11.3 Å². The normalized spacial score (nSPS) is 13.2. The molecule has 1 amide bonds. The fourth-order valence-corrected chi connectivity index (χ4v) is 4.37. The van der Waals surface area contributed by atoms with Crippen molar-refractivity contribution in [1.82, 2.24) is 4.98 Å². The number of nitro groups is 1. The third kappa shape index (κ3) is 5.57. The van der Waals surface area contributed by atoms with Gasteiger partial charge >= 0.3 is 11.9 Å². The van der Waals surface area contributed by atoms with Gasteiger partial charge in [0.1, 0.15) is 10.5 Å². The van der Waals surface area contributed by atoms with Crippen molar-refractivity contribution in [2.45, 2.75) is 37.9 Å². The Hall–Kier alpha value is -3.71. The molecule has 3 rings (SSSR count). The monoisotopic (exact) mass is 524 g/mol. The third-order valence-corrected chi connectivity index (χ3v) is 6.47. The summed E-state index contributed by atoms with van der Waals surface area (Å²) >= 11 is 1.06. The number of thiazole rings is 1. The van der Waals surface area contributed by atoms with Gasteiger partial charge in [-0.25, -0.2) is 4.98 Å². The summed E-state index contributed by atoms with van der Waals surface area (Å²) < 4.78 is 43.5. The second-order valence-corrected chi connectivity index (χ2v) is 8.80. The third-order valence-electron chi connectivity index (χ3n) is 5.45. The predicted octanol–water partition coefficient (Wildman–Crippen LogP) is 5.43. The lowest BCUT2D eigenvalue weighted by atomic mass is 9.93. The zero-order valence-corrected chi connectivity index (χ0v) is 20.1. The van der Waals surface area contributed by atoms with Gasteiger partial charge in [0.25, 0.3) is 5.91 Å². The number of aromatic hydroxyl groups is 1. The van der Waals surface area contributed by atoms with E-state index in [0.29, 0.717) is 12.8 Å². The van der Waals surface area contributed by atoms with Gasteiger partial charge in [-0.2, -0.15) is 13.2 Å². The Morgan fingerprint density at radius 2 is 1.94 bits per heavy atom. The molecule has 192 valence electrons. The van der Waals surface area contributed by atoms with Crippen molar-refractivity contribution in [2.24, 2.45) is 5.73 Å². The second-order valence-electron chi connectivity index (χ2n) is 7.95. The first kappa shape index (κ1) is 26.9. The van der Waals surface area contributed by atoms with E-state index in [9.17, 15) is 33.2 Å². The number of rotatable bonds is 9. The molecule has 0 spiro atoms. The second kappa shape index (κ2) is 10.5. The molecule has 0 saturated carbocycles.